The van der Waals surface area contributed by atoms with Crippen molar-refractivity contribution in [3.05, 3.63) is 54.5 Å². The fraction of sp³-hybridized carbons (Fsp3) is 0.385. The molecule has 0 saturated carbocycles. The first-order valence-electron chi connectivity index (χ1n) is 12.0. The number of nitrogens with zero attached hydrogens (tertiary/aromatic N) is 4. The molecule has 0 atom stereocenters. The molecule has 2 heterocycles. The number of hydrogen-bond acceptors (Lipinski definition) is 8. The molecule has 3 N–H and O–H groups in total. The number of halogens is 3. The van der Waals surface area contributed by atoms with Gasteiger partial charge in [0.1, 0.15) is 17.2 Å². The zero-order valence-corrected chi connectivity index (χ0v) is 22.4. The molecule has 0 bridgehead atoms. The number of anilines is 2. The summed E-state index contributed by atoms with van der Waals surface area (Å²) in [6.07, 6.45) is -0.400. The largest absolute Gasteiger partial charge is 0.573 e. The van der Waals surface area contributed by atoms with Crippen LogP contribution in [0.25, 0.3) is 11.1 Å². The summed E-state index contributed by atoms with van der Waals surface area (Å²) in [4.78, 5) is 18.6. The van der Waals surface area contributed by atoms with Crippen LogP contribution in [0.2, 0.25) is 0 Å². The van der Waals surface area contributed by atoms with E-state index in [2.05, 4.69) is 25.5 Å². The van der Waals surface area contributed by atoms with Crippen molar-refractivity contribution in [3.8, 4) is 16.9 Å². The predicted octanol–water partition coefficient (Wildman–Crippen LogP) is 5.04. The quantitative estimate of drug-likeness (QED) is 0.305. The van der Waals surface area contributed by atoms with Crippen LogP contribution in [-0.4, -0.2) is 70.6 Å². The second-order valence-corrected chi connectivity index (χ2v) is 9.91. The first-order valence-corrected chi connectivity index (χ1v) is 12.0. The number of rotatable bonds is 10. The van der Waals surface area contributed by atoms with Gasteiger partial charge in [-0.15, -0.1) is 13.2 Å². The summed E-state index contributed by atoms with van der Waals surface area (Å²) >= 11 is 0. The van der Waals surface area contributed by atoms with Gasteiger partial charge in [-0.2, -0.15) is 5.10 Å². The zero-order valence-electron chi connectivity index (χ0n) is 22.4. The lowest BCUT2D eigenvalue weighted by Crippen LogP contribution is -2.35. The Morgan fingerprint density at radius 1 is 1.13 bits per heavy atom. The van der Waals surface area contributed by atoms with Crippen molar-refractivity contribution in [1.82, 2.24) is 25.0 Å². The van der Waals surface area contributed by atoms with Gasteiger partial charge in [-0.3, -0.25) is 4.68 Å². The van der Waals surface area contributed by atoms with E-state index in [1.54, 1.807) is 43.9 Å². The maximum Gasteiger partial charge on any atom is 0.573 e. The Bertz CT molecular complexity index is 1280. The minimum absolute atomic E-state index is 0.0320. The summed E-state index contributed by atoms with van der Waals surface area (Å²) in [6, 6.07) is 6.88. The molecule has 2 aromatic heterocycles. The molecule has 0 spiro atoms. The molecule has 210 valence electrons. The Hall–Kier alpha value is -4.13. The number of likely N-dealkylation sites (N-methyl/N-ethyl adjacent to an activating group) is 1. The van der Waals surface area contributed by atoms with Gasteiger partial charge in [-0.05, 0) is 70.8 Å². The van der Waals surface area contributed by atoms with Crippen LogP contribution in [-0.2, 0) is 11.3 Å². The SMILES string of the molecule is CN(C)CCn1cc(-c2ccnc(Nc3ccc(OC(F)(F)F)cc3)c2C(=N)CNC(=O)OC(C)(C)C)cn1. The molecule has 3 rings (SSSR count). The number of carbonyl (C=O) groups excluding carboxylic acids is 1. The van der Waals surface area contributed by atoms with E-state index in [4.69, 9.17) is 10.1 Å². The Morgan fingerprint density at radius 2 is 1.82 bits per heavy atom. The summed E-state index contributed by atoms with van der Waals surface area (Å²) in [5.74, 6) is -0.0940. The third-order valence-electron chi connectivity index (χ3n) is 5.13. The smallest absolute Gasteiger partial charge is 0.444 e. The molecule has 0 aliphatic carbocycles. The van der Waals surface area contributed by atoms with Crippen LogP contribution >= 0.6 is 0 Å². The molecule has 0 aliphatic rings. The standard InChI is InChI=1S/C26H32F3N7O3/c1-25(2,3)39-24(37)32-15-21(30)22-20(17-14-33-36(16-17)13-12-35(4)5)10-11-31-23(22)34-18-6-8-19(9-7-18)38-26(27,28)29/h6-11,14,16,30H,12-13,15H2,1-5H3,(H,31,34)(H,32,37). The van der Waals surface area contributed by atoms with Gasteiger partial charge in [-0.25, -0.2) is 9.78 Å². The number of benzene rings is 1. The van der Waals surface area contributed by atoms with E-state index < -0.39 is 18.1 Å². The van der Waals surface area contributed by atoms with Crippen LogP contribution in [0.1, 0.15) is 26.3 Å². The monoisotopic (exact) mass is 547 g/mol. The number of hydrogen-bond donors (Lipinski definition) is 3. The van der Waals surface area contributed by atoms with Crippen LogP contribution in [0.5, 0.6) is 5.75 Å². The molecule has 10 nitrogen and oxygen atoms in total. The molecule has 0 radical (unpaired) electrons. The topological polar surface area (TPSA) is 117 Å². The predicted molar refractivity (Wildman–Crippen MR) is 141 cm³/mol. The maximum absolute atomic E-state index is 12.5. The lowest BCUT2D eigenvalue weighted by Gasteiger charge is -2.20. The fourth-order valence-corrected chi connectivity index (χ4v) is 3.47. The number of pyridine rings is 1. The molecule has 13 heteroatoms. The van der Waals surface area contributed by atoms with Crippen molar-refractivity contribution >= 4 is 23.3 Å². The Balaban J connectivity index is 1.92. The third kappa shape index (κ3) is 9.28. The molecule has 0 aliphatic heterocycles. The van der Waals surface area contributed by atoms with Crippen LogP contribution in [0, 0.1) is 5.41 Å². The van der Waals surface area contributed by atoms with Gasteiger partial charge in [-0.1, -0.05) is 0 Å². The van der Waals surface area contributed by atoms with E-state index in [1.807, 2.05) is 25.2 Å². The lowest BCUT2D eigenvalue weighted by molar-refractivity contribution is -0.274. The molecule has 1 aromatic carbocycles. The number of carbonyl (C=O) groups is 1. The second-order valence-electron chi connectivity index (χ2n) is 9.91. The second kappa shape index (κ2) is 12.2. The Morgan fingerprint density at radius 3 is 2.44 bits per heavy atom. The summed E-state index contributed by atoms with van der Waals surface area (Å²) < 4.78 is 48.6. The van der Waals surface area contributed by atoms with Crippen LogP contribution in [0.4, 0.5) is 29.5 Å². The summed E-state index contributed by atoms with van der Waals surface area (Å²) in [5.41, 5.74) is 1.49. The highest BCUT2D eigenvalue weighted by Gasteiger charge is 2.31. The summed E-state index contributed by atoms with van der Waals surface area (Å²) in [5, 5.41) is 18.9. The average molecular weight is 548 g/mol. The molecule has 0 saturated heterocycles. The maximum atomic E-state index is 12.5. The van der Waals surface area contributed by atoms with Crippen molar-refractivity contribution in [2.24, 2.45) is 0 Å². The van der Waals surface area contributed by atoms with E-state index in [1.165, 1.54) is 24.3 Å². The molecule has 1 amide bonds. The Kier molecular flexibility index (Phi) is 9.17. The van der Waals surface area contributed by atoms with E-state index in [0.29, 0.717) is 23.4 Å². The van der Waals surface area contributed by atoms with E-state index >= 15 is 0 Å². The highest BCUT2D eigenvalue weighted by molar-refractivity contribution is 6.10. The van der Waals surface area contributed by atoms with Gasteiger partial charge in [0.2, 0.25) is 0 Å². The van der Waals surface area contributed by atoms with Crippen LogP contribution in [0.3, 0.4) is 0 Å². The molecule has 0 unspecified atom stereocenters. The molecular formula is C26H32F3N7O3. The number of ether oxygens (including phenoxy) is 2. The van der Waals surface area contributed by atoms with Gasteiger partial charge in [0.05, 0.1) is 25.0 Å². The van der Waals surface area contributed by atoms with E-state index in [-0.39, 0.29) is 23.8 Å². The van der Waals surface area contributed by atoms with Gasteiger partial charge in [0, 0.05) is 35.8 Å². The summed E-state index contributed by atoms with van der Waals surface area (Å²) in [6.45, 7) is 6.48. The number of alkyl halides is 3. The molecule has 0 fully saturated rings. The third-order valence-corrected chi connectivity index (χ3v) is 5.13. The Labute approximate surface area is 224 Å². The van der Waals surface area contributed by atoms with Gasteiger partial charge in [0.25, 0.3) is 0 Å². The first kappa shape index (κ1) is 29.4. The van der Waals surface area contributed by atoms with Crippen molar-refractivity contribution in [2.75, 3.05) is 32.5 Å². The summed E-state index contributed by atoms with van der Waals surface area (Å²) in [7, 11) is 3.92. The normalized spacial score (nSPS) is 11.8. The lowest BCUT2D eigenvalue weighted by atomic mass is 9.99. The van der Waals surface area contributed by atoms with E-state index in [0.717, 1.165) is 12.1 Å². The number of alkyl carbamates (subject to hydrolysis) is 1. The highest BCUT2D eigenvalue weighted by atomic mass is 19.4. The minimum Gasteiger partial charge on any atom is -0.444 e. The van der Waals surface area contributed by atoms with Crippen LogP contribution < -0.4 is 15.4 Å². The van der Waals surface area contributed by atoms with Gasteiger partial charge >= 0.3 is 12.5 Å². The van der Waals surface area contributed by atoms with Crippen LogP contribution in [0.15, 0.2) is 48.9 Å². The number of aromatic nitrogens is 3. The minimum atomic E-state index is -4.80. The van der Waals surface area contributed by atoms with Gasteiger partial charge < -0.3 is 30.4 Å². The molecule has 3 aromatic rings. The van der Waals surface area contributed by atoms with Crippen molar-refractivity contribution in [2.45, 2.75) is 39.3 Å². The van der Waals surface area contributed by atoms with Crippen molar-refractivity contribution < 1.29 is 27.4 Å². The van der Waals surface area contributed by atoms with Crippen molar-refractivity contribution in [1.29, 1.82) is 5.41 Å². The van der Waals surface area contributed by atoms with Crippen molar-refractivity contribution in [3.63, 3.8) is 0 Å². The highest BCUT2D eigenvalue weighted by Crippen LogP contribution is 2.31. The molecule has 39 heavy (non-hydrogen) atoms. The average Bonchev–Trinajstić information content (AvgIpc) is 3.29. The zero-order chi connectivity index (χ0) is 28.8. The fourth-order valence-electron chi connectivity index (χ4n) is 3.47. The first-order chi connectivity index (χ1) is 18.2. The van der Waals surface area contributed by atoms with E-state index in [9.17, 15) is 18.0 Å². The van der Waals surface area contributed by atoms with Gasteiger partial charge in [0.15, 0.2) is 0 Å². The number of amides is 1. The number of nitrogens with one attached hydrogen (secondary N) is 3. The molecular weight excluding hydrogens is 515 g/mol.